The predicted octanol–water partition coefficient (Wildman–Crippen LogP) is 2.76. The van der Waals surface area contributed by atoms with E-state index in [0.29, 0.717) is 0 Å². The summed E-state index contributed by atoms with van der Waals surface area (Å²) in [4.78, 5) is 10.0. The van der Waals surface area contributed by atoms with Gasteiger partial charge in [-0.25, -0.2) is 4.79 Å². The maximum Gasteiger partial charge on any atom is 0.328 e. The predicted molar refractivity (Wildman–Crippen MR) is 50.1 cm³/mol. The Morgan fingerprint density at radius 2 is 2.08 bits per heavy atom. The minimum atomic E-state index is -0.895. The summed E-state index contributed by atoms with van der Waals surface area (Å²) in [6.07, 6.45) is 11.2. The van der Waals surface area contributed by atoms with E-state index < -0.39 is 5.97 Å². The van der Waals surface area contributed by atoms with Gasteiger partial charge >= 0.3 is 5.97 Å². The lowest BCUT2D eigenvalue weighted by Gasteiger charge is -1.89. The molecule has 0 rings (SSSR count). The number of aliphatic carboxylic acids is 1. The van der Waals surface area contributed by atoms with Gasteiger partial charge in [0, 0.05) is 6.08 Å². The topological polar surface area (TPSA) is 37.3 Å². The molecule has 0 spiro atoms. The fourth-order valence-electron chi connectivity index (χ4n) is 0.825. The Hall–Kier alpha value is -1.05. The minimum absolute atomic E-state index is 0.895. The third-order valence-corrected chi connectivity index (χ3v) is 1.46. The van der Waals surface area contributed by atoms with E-state index in [2.05, 4.69) is 6.92 Å². The molecular weight excluding hydrogens is 152 g/mol. The second-order valence-electron chi connectivity index (χ2n) is 2.62. The van der Waals surface area contributed by atoms with Gasteiger partial charge in [0.2, 0.25) is 0 Å². The van der Waals surface area contributed by atoms with E-state index in [1.807, 2.05) is 6.08 Å². The molecule has 0 atom stereocenters. The maximum atomic E-state index is 10.0. The Balaban J connectivity index is 3.31. The van der Waals surface area contributed by atoms with Crippen LogP contribution in [0.2, 0.25) is 0 Å². The van der Waals surface area contributed by atoms with E-state index >= 15 is 0 Å². The van der Waals surface area contributed by atoms with Gasteiger partial charge in [-0.15, -0.1) is 0 Å². The number of hydrogen-bond acceptors (Lipinski definition) is 1. The summed E-state index contributed by atoms with van der Waals surface area (Å²) < 4.78 is 0. The van der Waals surface area contributed by atoms with E-state index in [1.165, 1.54) is 19.3 Å². The molecule has 68 valence electrons. The zero-order valence-corrected chi connectivity index (χ0v) is 7.49. The molecule has 0 radical (unpaired) electrons. The van der Waals surface area contributed by atoms with Gasteiger partial charge in [-0.05, 0) is 12.8 Å². The van der Waals surface area contributed by atoms with Crippen LogP contribution in [0.3, 0.4) is 0 Å². The summed E-state index contributed by atoms with van der Waals surface area (Å²) in [6.45, 7) is 2.16. The molecule has 0 saturated heterocycles. The highest BCUT2D eigenvalue weighted by molar-refractivity contribution is 5.80. The molecule has 12 heavy (non-hydrogen) atoms. The fraction of sp³-hybridized carbons (Fsp3) is 0.500. The SMILES string of the molecule is CCCCCC=C/C=C/C(=O)O. The molecule has 0 aromatic rings. The van der Waals surface area contributed by atoms with Crippen LogP contribution in [0.15, 0.2) is 24.3 Å². The molecular formula is C10H16O2. The molecule has 0 aliphatic rings. The highest BCUT2D eigenvalue weighted by atomic mass is 16.4. The third-order valence-electron chi connectivity index (χ3n) is 1.46. The van der Waals surface area contributed by atoms with Gasteiger partial charge in [-0.1, -0.05) is 38.0 Å². The van der Waals surface area contributed by atoms with Crippen LogP contribution in [0.4, 0.5) is 0 Å². The Bertz CT molecular complexity index is 169. The van der Waals surface area contributed by atoms with Crippen molar-refractivity contribution in [3.63, 3.8) is 0 Å². The Morgan fingerprint density at radius 1 is 1.33 bits per heavy atom. The molecule has 0 fully saturated rings. The normalized spacial score (nSPS) is 11.4. The van der Waals surface area contributed by atoms with Crippen molar-refractivity contribution in [3.8, 4) is 0 Å². The highest BCUT2D eigenvalue weighted by Gasteiger charge is 1.82. The van der Waals surface area contributed by atoms with Crippen molar-refractivity contribution in [3.05, 3.63) is 24.3 Å². The van der Waals surface area contributed by atoms with Crippen LogP contribution >= 0.6 is 0 Å². The number of carbonyl (C=O) groups is 1. The molecule has 0 bridgehead atoms. The van der Waals surface area contributed by atoms with Gasteiger partial charge in [-0.3, -0.25) is 0 Å². The molecule has 0 aromatic heterocycles. The number of carboxylic acids is 1. The monoisotopic (exact) mass is 168 g/mol. The minimum Gasteiger partial charge on any atom is -0.478 e. The zero-order chi connectivity index (χ0) is 9.23. The van der Waals surface area contributed by atoms with Gasteiger partial charge in [0.05, 0.1) is 0 Å². The van der Waals surface area contributed by atoms with Crippen LogP contribution in [-0.2, 0) is 4.79 Å². The summed E-state index contributed by atoms with van der Waals surface area (Å²) in [7, 11) is 0. The van der Waals surface area contributed by atoms with Crippen LogP contribution in [0, 0.1) is 0 Å². The number of carboxylic acid groups (broad SMARTS) is 1. The molecule has 0 unspecified atom stereocenters. The lowest BCUT2D eigenvalue weighted by atomic mass is 10.2. The first kappa shape index (κ1) is 11.0. The molecule has 0 heterocycles. The largest absolute Gasteiger partial charge is 0.478 e. The van der Waals surface area contributed by atoms with Crippen LogP contribution in [-0.4, -0.2) is 11.1 Å². The molecule has 2 heteroatoms. The van der Waals surface area contributed by atoms with Gasteiger partial charge in [0.15, 0.2) is 0 Å². The van der Waals surface area contributed by atoms with E-state index in [0.717, 1.165) is 12.5 Å². The third kappa shape index (κ3) is 8.95. The lowest BCUT2D eigenvalue weighted by molar-refractivity contribution is -0.131. The summed E-state index contributed by atoms with van der Waals surface area (Å²) in [5.41, 5.74) is 0. The molecule has 0 amide bonds. The summed E-state index contributed by atoms with van der Waals surface area (Å²) >= 11 is 0. The van der Waals surface area contributed by atoms with Crippen molar-refractivity contribution in [2.24, 2.45) is 0 Å². The van der Waals surface area contributed by atoms with Gasteiger partial charge < -0.3 is 5.11 Å². The molecule has 2 nitrogen and oxygen atoms in total. The number of hydrogen-bond donors (Lipinski definition) is 1. The molecule has 0 aliphatic heterocycles. The molecule has 0 saturated carbocycles. The standard InChI is InChI=1S/C10H16O2/c1-2-3-4-5-6-7-8-9-10(11)12/h6-9H,2-5H2,1H3,(H,11,12)/b7-6?,9-8+. The molecule has 0 aliphatic carbocycles. The maximum absolute atomic E-state index is 10.0. The van der Waals surface area contributed by atoms with Crippen LogP contribution in [0.1, 0.15) is 32.6 Å². The van der Waals surface area contributed by atoms with Crippen molar-refractivity contribution in [1.29, 1.82) is 0 Å². The number of allylic oxidation sites excluding steroid dienone is 3. The number of unbranched alkanes of at least 4 members (excludes halogenated alkanes) is 3. The summed E-state index contributed by atoms with van der Waals surface area (Å²) in [5.74, 6) is -0.895. The second kappa shape index (κ2) is 8.05. The van der Waals surface area contributed by atoms with Crippen molar-refractivity contribution in [2.45, 2.75) is 32.6 Å². The smallest absolute Gasteiger partial charge is 0.328 e. The van der Waals surface area contributed by atoms with Gasteiger partial charge in [0.1, 0.15) is 0 Å². The quantitative estimate of drug-likeness (QED) is 0.376. The zero-order valence-electron chi connectivity index (χ0n) is 7.49. The summed E-state index contributed by atoms with van der Waals surface area (Å²) in [6, 6.07) is 0. The van der Waals surface area contributed by atoms with Crippen molar-refractivity contribution >= 4 is 5.97 Å². The molecule has 1 N–H and O–H groups in total. The average Bonchev–Trinajstić information content (AvgIpc) is 2.02. The van der Waals surface area contributed by atoms with E-state index in [9.17, 15) is 4.79 Å². The van der Waals surface area contributed by atoms with Crippen LogP contribution < -0.4 is 0 Å². The van der Waals surface area contributed by atoms with E-state index in [4.69, 9.17) is 5.11 Å². The Labute approximate surface area is 73.6 Å². The van der Waals surface area contributed by atoms with E-state index in [-0.39, 0.29) is 0 Å². The lowest BCUT2D eigenvalue weighted by Crippen LogP contribution is -1.84. The Kier molecular flexibility index (Phi) is 7.35. The van der Waals surface area contributed by atoms with Gasteiger partial charge in [-0.2, -0.15) is 0 Å². The van der Waals surface area contributed by atoms with Crippen molar-refractivity contribution in [2.75, 3.05) is 0 Å². The molecule has 0 aromatic carbocycles. The first-order valence-corrected chi connectivity index (χ1v) is 4.33. The first-order valence-electron chi connectivity index (χ1n) is 4.33. The van der Waals surface area contributed by atoms with Gasteiger partial charge in [0.25, 0.3) is 0 Å². The summed E-state index contributed by atoms with van der Waals surface area (Å²) in [5, 5.41) is 8.23. The van der Waals surface area contributed by atoms with Crippen LogP contribution in [0.5, 0.6) is 0 Å². The van der Waals surface area contributed by atoms with Crippen LogP contribution in [0.25, 0.3) is 0 Å². The second-order valence-corrected chi connectivity index (χ2v) is 2.62. The Morgan fingerprint density at radius 3 is 2.67 bits per heavy atom. The average molecular weight is 168 g/mol. The van der Waals surface area contributed by atoms with Crippen molar-refractivity contribution < 1.29 is 9.90 Å². The van der Waals surface area contributed by atoms with Crippen molar-refractivity contribution in [1.82, 2.24) is 0 Å². The fourth-order valence-corrected chi connectivity index (χ4v) is 0.825. The van der Waals surface area contributed by atoms with E-state index in [1.54, 1.807) is 12.2 Å². The highest BCUT2D eigenvalue weighted by Crippen LogP contribution is 1.99. The first-order chi connectivity index (χ1) is 5.77. The number of rotatable bonds is 6.